The van der Waals surface area contributed by atoms with Crippen LogP contribution in [-0.2, 0) is 33.9 Å². The third kappa shape index (κ3) is 15.9. The molecule has 2 heterocycles. The van der Waals surface area contributed by atoms with Crippen LogP contribution >= 0.6 is 23.5 Å². The molecule has 4 aromatic rings. The van der Waals surface area contributed by atoms with Gasteiger partial charge in [0.2, 0.25) is 0 Å². The number of nitrogens with zero attached hydrogens (tertiary/aromatic N) is 2. The summed E-state index contributed by atoms with van der Waals surface area (Å²) in [5.74, 6) is 6.14. The molecule has 56 heavy (non-hydrogen) atoms. The van der Waals surface area contributed by atoms with Crippen LogP contribution in [0.2, 0.25) is 0 Å². The number of hydrogen-bond acceptors (Lipinski definition) is 12. The van der Waals surface area contributed by atoms with Crippen LogP contribution in [0.25, 0.3) is 0 Å². The third-order valence-electron chi connectivity index (χ3n) is 9.39. The van der Waals surface area contributed by atoms with Gasteiger partial charge >= 0.3 is 11.9 Å². The van der Waals surface area contributed by atoms with Gasteiger partial charge in [0, 0.05) is 49.3 Å². The topological polar surface area (TPSA) is 197 Å². The van der Waals surface area contributed by atoms with Gasteiger partial charge in [0.1, 0.15) is 23.0 Å². The van der Waals surface area contributed by atoms with Crippen molar-refractivity contribution in [3.8, 4) is 11.5 Å². The van der Waals surface area contributed by atoms with Crippen molar-refractivity contribution in [2.24, 2.45) is 11.5 Å². The predicted octanol–water partition coefficient (Wildman–Crippen LogP) is 8.06. The Kier molecular flexibility index (Phi) is 19.7. The predicted molar refractivity (Wildman–Crippen MR) is 222 cm³/mol. The largest absolute Gasteiger partial charge is 0.493 e. The Labute approximate surface area is 338 Å². The van der Waals surface area contributed by atoms with E-state index in [0.29, 0.717) is 49.6 Å². The number of carboxylic acid groups (broad SMARTS) is 2. The number of aromatic nitrogens is 2. The lowest BCUT2D eigenvalue weighted by atomic mass is 10.1. The number of benzene rings is 2. The summed E-state index contributed by atoms with van der Waals surface area (Å²) in [4.78, 5) is 30.6. The Balaban J connectivity index is 0.000000227. The van der Waals surface area contributed by atoms with Gasteiger partial charge in [-0.25, -0.2) is 9.97 Å². The number of hydrogen-bond donors (Lipinski definition) is 4. The SMILES string of the molecule is Cc1oc(C2CCCC2)nc1CCOc1cccc(CSCC(=O)O)c1.Cc1oc(C2CCCC2)nc1CCOc1cccc(CSCC(=O)O)c1.NCCN. The number of rotatable bonds is 19. The Hall–Kier alpha value is -3.98. The van der Waals surface area contributed by atoms with Crippen LogP contribution < -0.4 is 20.9 Å². The van der Waals surface area contributed by atoms with E-state index in [9.17, 15) is 9.59 Å². The summed E-state index contributed by atoms with van der Waals surface area (Å²) in [7, 11) is 0. The Morgan fingerprint density at radius 1 is 0.696 bits per heavy atom. The number of oxazole rings is 2. The first kappa shape index (κ1) is 44.7. The average Bonchev–Trinajstić information content (AvgIpc) is 4.02. The molecule has 6 rings (SSSR count). The maximum Gasteiger partial charge on any atom is 0.313 e. The average molecular weight is 811 g/mol. The van der Waals surface area contributed by atoms with Gasteiger partial charge in [-0.15, -0.1) is 23.5 Å². The standard InChI is InChI=1S/2C20H25NO4S.C2H8N2/c2*1-14-18(21-20(25-14)16-6-2-3-7-16)9-10-24-17-8-4-5-15(11-17)12-26-13-19(22)23;3-1-2-4/h2*4-5,8,11,16H,2-3,6-7,9-10,12-13H2,1H3,(H,22,23);1-4H2. The molecule has 14 heteroatoms. The van der Waals surface area contributed by atoms with Crippen LogP contribution in [0, 0.1) is 13.8 Å². The molecule has 0 unspecified atom stereocenters. The van der Waals surface area contributed by atoms with E-state index in [-0.39, 0.29) is 11.5 Å². The van der Waals surface area contributed by atoms with Crippen LogP contribution in [0.1, 0.15) is 109 Å². The van der Waals surface area contributed by atoms with Gasteiger partial charge in [0.05, 0.1) is 36.1 Å². The molecule has 2 aromatic carbocycles. The Morgan fingerprint density at radius 3 is 1.45 bits per heavy atom. The number of carboxylic acids is 2. The molecule has 2 fully saturated rings. The lowest BCUT2D eigenvalue weighted by molar-refractivity contribution is -0.134. The van der Waals surface area contributed by atoms with Crippen molar-refractivity contribution in [2.45, 2.75) is 101 Å². The second-order valence-electron chi connectivity index (χ2n) is 13.9. The molecule has 306 valence electrons. The van der Waals surface area contributed by atoms with Crippen LogP contribution in [-0.4, -0.2) is 69.9 Å². The molecule has 2 aliphatic carbocycles. The van der Waals surface area contributed by atoms with Crippen molar-refractivity contribution in [3.63, 3.8) is 0 Å². The lowest BCUT2D eigenvalue weighted by Crippen LogP contribution is -2.11. The van der Waals surface area contributed by atoms with Crippen molar-refractivity contribution in [3.05, 3.63) is 94.3 Å². The van der Waals surface area contributed by atoms with Gasteiger partial charge in [-0.2, -0.15) is 0 Å². The van der Waals surface area contributed by atoms with Gasteiger partial charge in [-0.05, 0) is 74.9 Å². The van der Waals surface area contributed by atoms with Crippen molar-refractivity contribution >= 4 is 35.5 Å². The zero-order valence-electron chi connectivity index (χ0n) is 32.7. The molecule has 0 bridgehead atoms. The highest BCUT2D eigenvalue weighted by Gasteiger charge is 2.24. The van der Waals surface area contributed by atoms with Crippen LogP contribution in [0.5, 0.6) is 11.5 Å². The first-order chi connectivity index (χ1) is 27.1. The molecular formula is C42H58N4O8S2. The molecule has 0 saturated heterocycles. The molecule has 12 nitrogen and oxygen atoms in total. The van der Waals surface area contributed by atoms with Gasteiger partial charge in [0.25, 0.3) is 0 Å². The van der Waals surface area contributed by atoms with Crippen LogP contribution in [0.15, 0.2) is 57.4 Å². The molecule has 6 N–H and O–H groups in total. The molecular weight excluding hydrogens is 753 g/mol. The van der Waals surface area contributed by atoms with Gasteiger partial charge in [-0.3, -0.25) is 9.59 Å². The van der Waals surface area contributed by atoms with Gasteiger partial charge in [0.15, 0.2) is 11.8 Å². The summed E-state index contributed by atoms with van der Waals surface area (Å²) in [6, 6.07) is 15.6. The summed E-state index contributed by atoms with van der Waals surface area (Å²) < 4.78 is 23.5. The van der Waals surface area contributed by atoms with Crippen molar-refractivity contribution in [1.29, 1.82) is 0 Å². The maximum atomic E-state index is 10.6. The van der Waals surface area contributed by atoms with E-state index in [4.69, 9.17) is 50.0 Å². The fraction of sp³-hybridized carbons (Fsp3) is 0.524. The van der Waals surface area contributed by atoms with Crippen molar-refractivity contribution in [1.82, 2.24) is 9.97 Å². The minimum absolute atomic E-state index is 0.111. The van der Waals surface area contributed by atoms with Gasteiger partial charge < -0.3 is 40.0 Å². The molecule has 2 aromatic heterocycles. The second-order valence-corrected chi connectivity index (χ2v) is 15.9. The summed E-state index contributed by atoms with van der Waals surface area (Å²) in [5.41, 5.74) is 13.9. The molecule has 0 atom stereocenters. The summed E-state index contributed by atoms with van der Waals surface area (Å²) in [5, 5.41) is 17.4. The highest BCUT2D eigenvalue weighted by atomic mass is 32.2. The number of ether oxygens (including phenoxy) is 2. The summed E-state index contributed by atoms with van der Waals surface area (Å²) in [6.45, 7) is 6.23. The second kappa shape index (κ2) is 24.6. The summed E-state index contributed by atoms with van der Waals surface area (Å²) in [6.07, 6.45) is 11.3. The molecule has 0 amide bonds. The van der Waals surface area contributed by atoms with E-state index in [0.717, 1.165) is 70.2 Å². The third-order valence-corrected chi connectivity index (χ3v) is 11.4. The van der Waals surface area contributed by atoms with E-state index in [2.05, 4.69) is 0 Å². The smallest absolute Gasteiger partial charge is 0.313 e. The fourth-order valence-corrected chi connectivity index (χ4v) is 7.94. The van der Waals surface area contributed by atoms with E-state index in [1.807, 2.05) is 62.4 Å². The monoisotopic (exact) mass is 810 g/mol. The Morgan fingerprint density at radius 2 is 1.09 bits per heavy atom. The highest BCUT2D eigenvalue weighted by Crippen LogP contribution is 2.35. The molecule has 0 aliphatic heterocycles. The zero-order chi connectivity index (χ0) is 40.1. The number of aryl methyl sites for hydroxylation is 2. The van der Waals surface area contributed by atoms with E-state index in [1.54, 1.807) is 0 Å². The van der Waals surface area contributed by atoms with Crippen molar-refractivity contribution < 1.29 is 38.1 Å². The molecule has 0 spiro atoms. The summed E-state index contributed by atoms with van der Waals surface area (Å²) >= 11 is 2.77. The van der Waals surface area contributed by atoms with Crippen LogP contribution in [0.3, 0.4) is 0 Å². The quantitative estimate of drug-likeness (QED) is 0.0709. The minimum atomic E-state index is -0.789. The lowest BCUT2D eigenvalue weighted by Gasteiger charge is -2.07. The maximum absolute atomic E-state index is 10.6. The van der Waals surface area contributed by atoms with Crippen LogP contribution in [0.4, 0.5) is 0 Å². The number of nitrogens with two attached hydrogens (primary N) is 2. The zero-order valence-corrected chi connectivity index (χ0v) is 34.3. The van der Waals surface area contributed by atoms with E-state index < -0.39 is 11.9 Å². The molecule has 0 radical (unpaired) electrons. The molecule has 2 saturated carbocycles. The first-order valence-corrected chi connectivity index (χ1v) is 21.8. The normalized spacial score (nSPS) is 14.1. The highest BCUT2D eigenvalue weighted by molar-refractivity contribution is 7.99. The molecule has 2 aliphatic rings. The van der Waals surface area contributed by atoms with E-state index >= 15 is 0 Å². The Bertz CT molecular complexity index is 1640. The number of carbonyl (C=O) groups is 2. The fourth-order valence-electron chi connectivity index (χ4n) is 6.55. The number of aliphatic carboxylic acids is 2. The van der Waals surface area contributed by atoms with Gasteiger partial charge in [-0.1, -0.05) is 49.9 Å². The minimum Gasteiger partial charge on any atom is -0.493 e. The van der Waals surface area contributed by atoms with Crippen molar-refractivity contribution in [2.75, 3.05) is 37.8 Å². The first-order valence-electron chi connectivity index (χ1n) is 19.5. The number of thioether (sulfide) groups is 2. The van der Waals surface area contributed by atoms with E-state index in [1.165, 1.54) is 74.9 Å².